The van der Waals surface area contributed by atoms with Crippen molar-refractivity contribution in [3.05, 3.63) is 47.1 Å². The van der Waals surface area contributed by atoms with Crippen LogP contribution in [0.15, 0.2) is 47.1 Å². The molecular formula is C31H54O8. The van der Waals surface area contributed by atoms with Gasteiger partial charge in [0.15, 0.2) is 0 Å². The Morgan fingerprint density at radius 2 is 1.33 bits per heavy atom. The Morgan fingerprint density at radius 1 is 0.821 bits per heavy atom. The van der Waals surface area contributed by atoms with E-state index in [1.165, 1.54) is 40.6 Å². The third kappa shape index (κ3) is 26.2. The molecule has 0 aliphatic rings. The minimum absolute atomic E-state index is 0.203. The first-order chi connectivity index (χ1) is 18.1. The third-order valence-corrected chi connectivity index (χ3v) is 5.32. The molecule has 0 aliphatic heterocycles. The molecule has 39 heavy (non-hydrogen) atoms. The van der Waals surface area contributed by atoms with Gasteiger partial charge in [0.05, 0.1) is 33.9 Å². The average molecular weight is 555 g/mol. The Bertz CT molecular complexity index is 828. The molecular weight excluding hydrogens is 500 g/mol. The van der Waals surface area contributed by atoms with Gasteiger partial charge >= 0.3 is 23.9 Å². The highest BCUT2D eigenvalue weighted by molar-refractivity contribution is 5.88. The maximum Gasteiger partial charge on any atom is 0.333 e. The van der Waals surface area contributed by atoms with Crippen LogP contribution in [0, 0.1) is 11.3 Å². The molecule has 0 aliphatic carbocycles. The second-order valence-electron chi connectivity index (χ2n) is 9.24. The molecule has 0 aromatic carbocycles. The van der Waals surface area contributed by atoms with Crippen LogP contribution in [0.1, 0.15) is 88.5 Å². The van der Waals surface area contributed by atoms with E-state index in [2.05, 4.69) is 25.9 Å². The number of allylic oxidation sites excluding steroid dienone is 4. The van der Waals surface area contributed by atoms with E-state index in [4.69, 9.17) is 0 Å². The molecule has 0 amide bonds. The molecule has 0 saturated carbocycles. The summed E-state index contributed by atoms with van der Waals surface area (Å²) < 4.78 is 17.9. The highest BCUT2D eigenvalue weighted by Crippen LogP contribution is 2.18. The van der Waals surface area contributed by atoms with Crippen molar-refractivity contribution in [1.29, 1.82) is 0 Å². The fourth-order valence-corrected chi connectivity index (χ4v) is 2.17. The Morgan fingerprint density at radius 3 is 1.67 bits per heavy atom. The van der Waals surface area contributed by atoms with Gasteiger partial charge < -0.3 is 18.9 Å². The first-order valence-electron chi connectivity index (χ1n) is 13.0. The van der Waals surface area contributed by atoms with E-state index in [1.54, 1.807) is 6.92 Å². The standard InChI is InChI=1S/3C8H14O2.C7H12O2/c1-6(2)7(3)5-8(9)10-4;1-5-6-8(2,3)7(9)10-4;1-5-6(2)7(3)8(9)10-4;1-3-4-5-6-7(8)9-2/h2*5-6H,1-4H3;5H2,1-4H3;5-6H,3-4H2,1-2H3. The Kier molecular flexibility index (Phi) is 29.1. The number of hydrogen-bond acceptors (Lipinski definition) is 8. The number of ether oxygens (including phenoxy) is 4. The number of carbonyl (C=O) groups excluding carboxylic acids is 4. The van der Waals surface area contributed by atoms with Crippen LogP contribution in [0.3, 0.4) is 0 Å². The lowest BCUT2D eigenvalue weighted by Gasteiger charge is -2.15. The highest BCUT2D eigenvalue weighted by atomic mass is 16.5. The normalized spacial score (nSPS) is 11.6. The topological polar surface area (TPSA) is 105 Å². The zero-order valence-corrected chi connectivity index (χ0v) is 26.9. The first kappa shape index (κ1) is 42.9. The molecule has 0 unspecified atom stereocenters. The van der Waals surface area contributed by atoms with Gasteiger partial charge in [-0.25, -0.2) is 14.4 Å². The lowest BCUT2D eigenvalue weighted by molar-refractivity contribution is -0.148. The third-order valence-electron chi connectivity index (χ3n) is 5.32. The van der Waals surface area contributed by atoms with E-state index in [9.17, 15) is 19.2 Å². The SMILES string of the molecule is CC=CC(C)(C)C(=O)OC.CCC(C)=C(C)C(=O)OC.CCCC=CC(=O)OC.COC(=O)C=C(C)C(C)C. The molecule has 0 aromatic heterocycles. The summed E-state index contributed by atoms with van der Waals surface area (Å²) in [7, 11) is 5.55. The minimum atomic E-state index is -0.483. The molecule has 8 nitrogen and oxygen atoms in total. The summed E-state index contributed by atoms with van der Waals surface area (Å²) in [4.78, 5) is 42.8. The molecule has 0 atom stereocenters. The van der Waals surface area contributed by atoms with Crippen molar-refractivity contribution < 1.29 is 38.1 Å². The predicted molar refractivity (Wildman–Crippen MR) is 158 cm³/mol. The van der Waals surface area contributed by atoms with Crippen molar-refractivity contribution in [2.24, 2.45) is 11.3 Å². The fourth-order valence-electron chi connectivity index (χ4n) is 2.17. The van der Waals surface area contributed by atoms with Crippen LogP contribution in [0.5, 0.6) is 0 Å². The van der Waals surface area contributed by atoms with Crippen LogP contribution < -0.4 is 0 Å². The zero-order valence-electron chi connectivity index (χ0n) is 26.9. The lowest BCUT2D eigenvalue weighted by Crippen LogP contribution is -2.22. The Hall–Kier alpha value is -3.16. The fraction of sp³-hybridized carbons (Fsp3) is 0.613. The maximum atomic E-state index is 11.0. The quantitative estimate of drug-likeness (QED) is 0.131. The van der Waals surface area contributed by atoms with Crippen LogP contribution in [0.25, 0.3) is 0 Å². The van der Waals surface area contributed by atoms with Crippen molar-refractivity contribution in [3.8, 4) is 0 Å². The van der Waals surface area contributed by atoms with Gasteiger partial charge in [0.1, 0.15) is 0 Å². The molecule has 0 spiro atoms. The van der Waals surface area contributed by atoms with Gasteiger partial charge in [-0.05, 0) is 60.3 Å². The summed E-state index contributed by atoms with van der Waals surface area (Å²) in [5, 5.41) is 0. The van der Waals surface area contributed by atoms with Gasteiger partial charge in [0.25, 0.3) is 0 Å². The smallest absolute Gasteiger partial charge is 0.333 e. The lowest BCUT2D eigenvalue weighted by atomic mass is 9.93. The van der Waals surface area contributed by atoms with Crippen LogP contribution in [0.2, 0.25) is 0 Å². The van der Waals surface area contributed by atoms with Gasteiger partial charge in [-0.3, -0.25) is 4.79 Å². The van der Waals surface area contributed by atoms with Crippen molar-refractivity contribution in [3.63, 3.8) is 0 Å². The molecule has 0 N–H and O–H groups in total. The van der Waals surface area contributed by atoms with Gasteiger partial charge in [-0.15, -0.1) is 0 Å². The summed E-state index contributed by atoms with van der Waals surface area (Å²) in [6.45, 7) is 19.3. The largest absolute Gasteiger partial charge is 0.468 e. The molecule has 0 bridgehead atoms. The second-order valence-corrected chi connectivity index (χ2v) is 9.24. The number of carbonyl (C=O) groups is 4. The molecule has 226 valence electrons. The summed E-state index contributed by atoms with van der Waals surface area (Å²) in [6.07, 6.45) is 11.3. The predicted octanol–water partition coefficient (Wildman–Crippen LogP) is 6.94. The van der Waals surface area contributed by atoms with Crippen molar-refractivity contribution in [1.82, 2.24) is 0 Å². The van der Waals surface area contributed by atoms with Crippen molar-refractivity contribution >= 4 is 23.9 Å². The number of rotatable bonds is 9. The van der Waals surface area contributed by atoms with E-state index in [0.29, 0.717) is 5.92 Å². The maximum absolute atomic E-state index is 11.0. The number of esters is 4. The van der Waals surface area contributed by atoms with E-state index >= 15 is 0 Å². The number of methoxy groups -OCH3 is 4. The Labute approximate surface area is 237 Å². The summed E-state index contributed by atoms with van der Waals surface area (Å²) >= 11 is 0. The van der Waals surface area contributed by atoms with E-state index < -0.39 is 5.41 Å². The molecule has 0 rings (SSSR count). The van der Waals surface area contributed by atoms with Crippen molar-refractivity contribution in [2.75, 3.05) is 28.4 Å². The van der Waals surface area contributed by atoms with E-state index in [1.807, 2.05) is 73.6 Å². The molecule has 8 heteroatoms. The first-order valence-corrected chi connectivity index (χ1v) is 13.0. The minimum Gasteiger partial charge on any atom is -0.468 e. The average Bonchev–Trinajstić information content (AvgIpc) is 2.91. The number of unbranched alkanes of at least 4 members (excludes halogenated alkanes) is 1. The van der Waals surface area contributed by atoms with Gasteiger partial charge in [0.2, 0.25) is 0 Å². The summed E-state index contributed by atoms with van der Waals surface area (Å²) in [6, 6.07) is 0. The van der Waals surface area contributed by atoms with E-state index in [-0.39, 0.29) is 23.9 Å². The highest BCUT2D eigenvalue weighted by Gasteiger charge is 2.24. The van der Waals surface area contributed by atoms with Crippen LogP contribution >= 0.6 is 0 Å². The van der Waals surface area contributed by atoms with E-state index in [0.717, 1.165) is 36.0 Å². The van der Waals surface area contributed by atoms with Gasteiger partial charge in [-0.2, -0.15) is 0 Å². The summed E-state index contributed by atoms with van der Waals surface area (Å²) in [5.41, 5.74) is 2.38. The zero-order chi connectivity index (χ0) is 31.6. The molecule has 0 aromatic rings. The van der Waals surface area contributed by atoms with Crippen molar-refractivity contribution in [2.45, 2.75) is 88.5 Å². The molecule has 0 saturated heterocycles. The van der Waals surface area contributed by atoms with Crippen LogP contribution in [-0.4, -0.2) is 52.3 Å². The summed E-state index contributed by atoms with van der Waals surface area (Å²) in [5.74, 6) is -0.557. The van der Waals surface area contributed by atoms with Crippen LogP contribution in [-0.2, 0) is 38.1 Å². The second kappa shape index (κ2) is 26.4. The molecule has 0 fully saturated rings. The number of hydrogen-bond donors (Lipinski definition) is 0. The van der Waals surface area contributed by atoms with Gasteiger partial charge in [-0.1, -0.05) is 63.5 Å². The van der Waals surface area contributed by atoms with Crippen LogP contribution in [0.4, 0.5) is 0 Å². The molecule has 0 radical (unpaired) electrons. The monoisotopic (exact) mass is 554 g/mol. The Balaban J connectivity index is -0.000000210. The van der Waals surface area contributed by atoms with Gasteiger partial charge in [0, 0.05) is 17.7 Å². The molecule has 0 heterocycles.